The number of nitrogens with zero attached hydrogens (tertiary/aromatic N) is 4. The Morgan fingerprint density at radius 1 is 1.17 bits per heavy atom. The molecule has 0 aromatic carbocycles. The lowest BCUT2D eigenvalue weighted by Gasteiger charge is -2.31. The number of nitrogens with one attached hydrogen (secondary N) is 1. The van der Waals surface area contributed by atoms with E-state index in [4.69, 9.17) is 5.73 Å². The molecule has 4 heterocycles. The molecular weight excluding hydrogens is 529 g/mol. The number of rotatable bonds is 5. The molecule has 1 saturated heterocycles. The third-order valence-corrected chi connectivity index (χ3v) is 7.47. The Bertz CT molecular complexity index is 1580. The topological polar surface area (TPSA) is 87.4 Å². The van der Waals surface area contributed by atoms with Crippen LogP contribution in [0.25, 0.3) is 17.7 Å². The van der Waals surface area contributed by atoms with Crippen LogP contribution < -0.4 is 26.5 Å². The summed E-state index contributed by atoms with van der Waals surface area (Å²) in [4.78, 5) is 25.6. The van der Waals surface area contributed by atoms with E-state index in [2.05, 4.69) is 21.9 Å². The van der Waals surface area contributed by atoms with Gasteiger partial charge in [0.25, 0.3) is 0 Å². The van der Waals surface area contributed by atoms with Crippen molar-refractivity contribution in [1.29, 1.82) is 0 Å². The second-order valence-electron chi connectivity index (χ2n) is 10.3. The van der Waals surface area contributed by atoms with Gasteiger partial charge >= 0.3 is 6.18 Å². The van der Waals surface area contributed by atoms with Gasteiger partial charge < -0.3 is 16.0 Å². The molecule has 41 heavy (non-hydrogen) atoms. The van der Waals surface area contributed by atoms with Gasteiger partial charge in [-0.25, -0.2) is 0 Å². The van der Waals surface area contributed by atoms with Crippen LogP contribution in [-0.2, 0) is 11.2 Å². The highest BCUT2D eigenvalue weighted by Crippen LogP contribution is 2.35. The number of amides is 1. The van der Waals surface area contributed by atoms with E-state index in [0.717, 1.165) is 23.8 Å². The van der Waals surface area contributed by atoms with Crippen LogP contribution >= 0.6 is 0 Å². The van der Waals surface area contributed by atoms with E-state index in [1.807, 2.05) is 18.2 Å². The molecule has 1 fully saturated rings. The van der Waals surface area contributed by atoms with Crippen molar-refractivity contribution in [2.75, 3.05) is 36.8 Å². The number of fused-ring (bicyclic) bond motifs is 3. The Balaban J connectivity index is 1.68. The molecular formula is C31H33F3N6O. The predicted molar refractivity (Wildman–Crippen MR) is 156 cm³/mol. The zero-order chi connectivity index (χ0) is 29.1. The minimum Gasteiger partial charge on any atom is -0.399 e. The lowest BCUT2D eigenvalue weighted by atomic mass is 9.99. The van der Waals surface area contributed by atoms with Crippen molar-refractivity contribution >= 4 is 35.0 Å². The lowest BCUT2D eigenvalue weighted by Crippen LogP contribution is -2.43. The Morgan fingerprint density at radius 2 is 2.00 bits per heavy atom. The molecule has 0 atom stereocenters. The number of nitrogens with two attached hydrogens (primary N) is 1. The maximum absolute atomic E-state index is 14.6. The molecule has 3 aliphatic rings. The Morgan fingerprint density at radius 3 is 2.76 bits per heavy atom. The average molecular weight is 563 g/mol. The molecule has 0 spiro atoms. The maximum Gasteiger partial charge on any atom is 0.418 e. The number of halogens is 3. The highest BCUT2D eigenvalue weighted by molar-refractivity contribution is 6.00. The minimum atomic E-state index is -4.66. The minimum absolute atomic E-state index is 0.0108. The van der Waals surface area contributed by atoms with Crippen LogP contribution in [-0.4, -0.2) is 53.1 Å². The van der Waals surface area contributed by atoms with Gasteiger partial charge in [-0.2, -0.15) is 13.2 Å². The average Bonchev–Trinajstić information content (AvgIpc) is 3.34. The summed E-state index contributed by atoms with van der Waals surface area (Å²) >= 11 is 0. The lowest BCUT2D eigenvalue weighted by molar-refractivity contribution is -0.118. The predicted octanol–water partition coefficient (Wildman–Crippen LogP) is 3.59. The third-order valence-electron chi connectivity index (χ3n) is 7.47. The van der Waals surface area contributed by atoms with Crippen molar-refractivity contribution in [3.05, 3.63) is 88.1 Å². The molecule has 0 radical (unpaired) electrons. The standard InChI is InChI=1S/C31H33F3N6O/c1-3-28(39-14-5-11-36-13-15-39)25(31(32,33)34)16-20(2)40-29(41)9-8-22-19-38-26-7-4-6-21(17-24(26)30(22)40)27-18-23(35)10-12-37-27/h3,6-7,10,12,16-19,36H,1,4-5,8-9,11,13-15H2,2H3,(H2,35,37)/b20-16+,28-25-. The summed E-state index contributed by atoms with van der Waals surface area (Å²) in [7, 11) is 0. The van der Waals surface area contributed by atoms with Gasteiger partial charge in [0.15, 0.2) is 0 Å². The zero-order valence-corrected chi connectivity index (χ0v) is 23.0. The van der Waals surface area contributed by atoms with Crippen molar-refractivity contribution in [3.8, 4) is 0 Å². The van der Waals surface area contributed by atoms with Gasteiger partial charge in [0, 0.05) is 60.7 Å². The van der Waals surface area contributed by atoms with Crippen LogP contribution in [0.4, 0.5) is 24.5 Å². The normalized spacial score (nSPS) is 18.6. The fraction of sp³-hybridized carbons (Fsp3) is 0.323. The van der Waals surface area contributed by atoms with Crippen LogP contribution in [0.2, 0.25) is 0 Å². The first-order valence-corrected chi connectivity index (χ1v) is 13.7. The molecule has 0 saturated carbocycles. The molecule has 2 aromatic heterocycles. The third kappa shape index (κ3) is 5.97. The Kier molecular flexibility index (Phi) is 8.12. The summed E-state index contributed by atoms with van der Waals surface area (Å²) in [6.45, 7) is 7.48. The highest BCUT2D eigenvalue weighted by Gasteiger charge is 2.37. The first-order valence-electron chi connectivity index (χ1n) is 13.7. The van der Waals surface area contributed by atoms with Crippen molar-refractivity contribution in [2.45, 2.75) is 38.8 Å². The highest BCUT2D eigenvalue weighted by atomic mass is 19.4. The number of hydrogen-bond donors (Lipinski definition) is 2. The van der Waals surface area contributed by atoms with Crippen LogP contribution in [0, 0.1) is 0 Å². The molecule has 5 rings (SSSR count). The molecule has 0 bridgehead atoms. The van der Waals surface area contributed by atoms with Gasteiger partial charge in [-0.05, 0) is 74.2 Å². The van der Waals surface area contributed by atoms with Crippen LogP contribution in [0.15, 0.2) is 66.3 Å². The number of allylic oxidation sites excluding steroid dienone is 6. The Labute approximate surface area is 237 Å². The quantitative estimate of drug-likeness (QED) is 0.542. The van der Waals surface area contributed by atoms with E-state index in [1.54, 1.807) is 36.4 Å². The molecule has 2 aliphatic heterocycles. The van der Waals surface area contributed by atoms with E-state index in [9.17, 15) is 18.0 Å². The summed E-state index contributed by atoms with van der Waals surface area (Å²) in [6.07, 6.45) is 8.74. The number of hydrogen-bond acceptors (Lipinski definition) is 6. The second kappa shape index (κ2) is 11.7. The van der Waals surface area contributed by atoms with Crippen LogP contribution in [0.3, 0.4) is 0 Å². The van der Waals surface area contributed by atoms with Crippen LogP contribution in [0.5, 0.6) is 0 Å². The molecule has 1 aliphatic carbocycles. The van der Waals surface area contributed by atoms with E-state index < -0.39 is 11.7 Å². The number of carbonyl (C=O) groups is 1. The second-order valence-corrected chi connectivity index (χ2v) is 10.3. The summed E-state index contributed by atoms with van der Waals surface area (Å²) in [5.74, 6) is -0.273. The van der Waals surface area contributed by atoms with E-state index in [1.165, 1.54) is 11.0 Å². The van der Waals surface area contributed by atoms with Crippen molar-refractivity contribution in [3.63, 3.8) is 0 Å². The summed E-state index contributed by atoms with van der Waals surface area (Å²) < 4.78 is 43.8. The fourth-order valence-corrected chi connectivity index (χ4v) is 5.54. The largest absolute Gasteiger partial charge is 0.418 e. The van der Waals surface area contributed by atoms with E-state index in [-0.39, 0.29) is 23.7 Å². The summed E-state index contributed by atoms with van der Waals surface area (Å²) in [5, 5.41) is 4.54. The van der Waals surface area contributed by atoms with E-state index >= 15 is 0 Å². The van der Waals surface area contributed by atoms with E-state index in [0.29, 0.717) is 66.5 Å². The molecule has 2 aromatic rings. The summed E-state index contributed by atoms with van der Waals surface area (Å²) in [6, 6.07) is 3.46. The molecule has 10 heteroatoms. The number of aryl methyl sites for hydroxylation is 1. The SMILES string of the molecule is C=C/C(=C(\C=C(/C)N1C(=O)CCc2cnc3c(c21)=CC(c1cc(N)ccn1)=CCC=3)C(F)(F)F)N1CCCNCC1. The van der Waals surface area contributed by atoms with Gasteiger partial charge in [0.1, 0.15) is 0 Å². The first kappa shape index (κ1) is 28.4. The molecule has 214 valence electrons. The number of anilines is 2. The van der Waals surface area contributed by atoms with Crippen molar-refractivity contribution in [2.24, 2.45) is 0 Å². The van der Waals surface area contributed by atoms with Gasteiger partial charge in [0.05, 0.1) is 22.3 Å². The molecule has 0 unspecified atom stereocenters. The molecule has 3 N–H and O–H groups in total. The van der Waals surface area contributed by atoms with Gasteiger partial charge in [-0.1, -0.05) is 18.7 Å². The fourth-order valence-electron chi connectivity index (χ4n) is 5.54. The van der Waals surface area contributed by atoms with Crippen LogP contribution in [0.1, 0.15) is 37.4 Å². The maximum atomic E-state index is 14.6. The number of nitrogen functional groups attached to an aromatic ring is 1. The van der Waals surface area contributed by atoms with Crippen molar-refractivity contribution in [1.82, 2.24) is 20.2 Å². The number of carbonyl (C=O) groups excluding carboxylic acids is 1. The number of pyridine rings is 2. The molecule has 7 nitrogen and oxygen atoms in total. The molecule has 1 amide bonds. The van der Waals surface area contributed by atoms with Crippen molar-refractivity contribution < 1.29 is 18.0 Å². The van der Waals surface area contributed by atoms with Gasteiger partial charge in [-0.3, -0.25) is 19.7 Å². The van der Waals surface area contributed by atoms with Gasteiger partial charge in [-0.15, -0.1) is 0 Å². The first-order chi connectivity index (χ1) is 19.7. The van der Waals surface area contributed by atoms with Gasteiger partial charge in [0.2, 0.25) is 5.91 Å². The number of alkyl halides is 3. The Hall–Kier alpha value is -4.18. The monoisotopic (exact) mass is 562 g/mol. The summed E-state index contributed by atoms with van der Waals surface area (Å²) in [5.41, 5.74) is 8.72. The number of aromatic nitrogens is 2. The zero-order valence-electron chi connectivity index (χ0n) is 23.0. The smallest absolute Gasteiger partial charge is 0.399 e.